The molecule has 0 atom stereocenters. The number of benzene rings is 2. The lowest BCUT2D eigenvalue weighted by Crippen LogP contribution is -2.26. The molecule has 2 N–H and O–H groups in total. The Morgan fingerprint density at radius 3 is 2.62 bits per heavy atom. The lowest BCUT2D eigenvalue weighted by molar-refractivity contribution is -0.121. The van der Waals surface area contributed by atoms with Crippen molar-refractivity contribution in [2.75, 3.05) is 13.7 Å². The molecular weight excluding hydrogens is 306 g/mol. The number of amides is 1. The van der Waals surface area contributed by atoms with Crippen molar-refractivity contribution in [3.8, 4) is 5.75 Å². The zero-order valence-electron chi connectivity index (χ0n) is 13.6. The van der Waals surface area contributed by atoms with E-state index in [0.717, 1.165) is 11.3 Å². The highest BCUT2D eigenvalue weighted by Gasteiger charge is 2.10. The van der Waals surface area contributed by atoms with Crippen molar-refractivity contribution in [3.63, 3.8) is 0 Å². The van der Waals surface area contributed by atoms with Gasteiger partial charge in [0.15, 0.2) is 0 Å². The van der Waals surface area contributed by atoms with Gasteiger partial charge in [-0.05, 0) is 42.2 Å². The van der Waals surface area contributed by atoms with Gasteiger partial charge in [-0.1, -0.05) is 30.3 Å². The number of aryl methyl sites for hydroxylation is 1. The molecule has 0 spiro atoms. The SMILES string of the molecule is COc1cccc(CCNC(=O)CCc2ccccc2C(=O)O)c1. The average molecular weight is 327 g/mol. The number of hydrogen-bond donors (Lipinski definition) is 2. The summed E-state index contributed by atoms with van der Waals surface area (Å²) in [5.41, 5.74) is 2.01. The minimum Gasteiger partial charge on any atom is -0.497 e. The van der Waals surface area contributed by atoms with Crippen LogP contribution in [0.2, 0.25) is 0 Å². The highest BCUT2D eigenvalue weighted by Crippen LogP contribution is 2.13. The molecule has 0 radical (unpaired) electrons. The predicted molar refractivity (Wildman–Crippen MR) is 91.4 cm³/mol. The van der Waals surface area contributed by atoms with Gasteiger partial charge in [-0.3, -0.25) is 4.79 Å². The Labute approximate surface area is 141 Å². The van der Waals surface area contributed by atoms with Gasteiger partial charge in [0.1, 0.15) is 5.75 Å². The van der Waals surface area contributed by atoms with Gasteiger partial charge in [0.05, 0.1) is 12.7 Å². The molecule has 126 valence electrons. The van der Waals surface area contributed by atoms with Gasteiger partial charge >= 0.3 is 5.97 Å². The van der Waals surface area contributed by atoms with E-state index in [1.54, 1.807) is 31.4 Å². The van der Waals surface area contributed by atoms with E-state index in [1.807, 2.05) is 24.3 Å². The lowest BCUT2D eigenvalue weighted by Gasteiger charge is -2.08. The van der Waals surface area contributed by atoms with Gasteiger partial charge < -0.3 is 15.2 Å². The van der Waals surface area contributed by atoms with Crippen LogP contribution >= 0.6 is 0 Å². The molecule has 2 aromatic rings. The first-order valence-electron chi connectivity index (χ1n) is 7.81. The summed E-state index contributed by atoms with van der Waals surface area (Å²) in [6.45, 7) is 0.534. The summed E-state index contributed by atoms with van der Waals surface area (Å²) in [5, 5.41) is 12.0. The fourth-order valence-corrected chi connectivity index (χ4v) is 2.46. The van der Waals surface area contributed by atoms with E-state index in [0.29, 0.717) is 24.9 Å². The second kappa shape index (κ2) is 8.72. The number of ether oxygens (including phenoxy) is 1. The topological polar surface area (TPSA) is 75.6 Å². The minimum atomic E-state index is -0.968. The van der Waals surface area contributed by atoms with Crippen molar-refractivity contribution >= 4 is 11.9 Å². The third-order valence-corrected chi connectivity index (χ3v) is 3.74. The largest absolute Gasteiger partial charge is 0.497 e. The van der Waals surface area contributed by atoms with E-state index in [2.05, 4.69) is 5.32 Å². The molecule has 2 aromatic carbocycles. The van der Waals surface area contributed by atoms with Crippen molar-refractivity contribution in [3.05, 3.63) is 65.2 Å². The molecule has 1 amide bonds. The van der Waals surface area contributed by atoms with E-state index < -0.39 is 5.97 Å². The van der Waals surface area contributed by atoms with Crippen LogP contribution < -0.4 is 10.1 Å². The van der Waals surface area contributed by atoms with Crippen LogP contribution in [0.3, 0.4) is 0 Å². The van der Waals surface area contributed by atoms with Crippen LogP contribution in [-0.2, 0) is 17.6 Å². The molecule has 0 aromatic heterocycles. The van der Waals surface area contributed by atoms with Gasteiger partial charge in [0, 0.05) is 13.0 Å². The number of methoxy groups -OCH3 is 1. The number of carbonyl (C=O) groups excluding carboxylic acids is 1. The summed E-state index contributed by atoms with van der Waals surface area (Å²) < 4.78 is 5.17. The molecule has 0 aliphatic carbocycles. The first kappa shape index (κ1) is 17.5. The number of carbonyl (C=O) groups is 2. The van der Waals surface area contributed by atoms with Crippen LogP contribution in [0.5, 0.6) is 5.75 Å². The second-order valence-electron chi connectivity index (χ2n) is 5.41. The lowest BCUT2D eigenvalue weighted by atomic mass is 10.0. The zero-order valence-corrected chi connectivity index (χ0v) is 13.6. The normalized spacial score (nSPS) is 10.2. The molecule has 24 heavy (non-hydrogen) atoms. The molecule has 5 heteroatoms. The van der Waals surface area contributed by atoms with Gasteiger partial charge in [-0.15, -0.1) is 0 Å². The maximum Gasteiger partial charge on any atom is 0.335 e. The summed E-state index contributed by atoms with van der Waals surface area (Å²) in [7, 11) is 1.62. The highest BCUT2D eigenvalue weighted by atomic mass is 16.5. The molecule has 0 fully saturated rings. The minimum absolute atomic E-state index is 0.0851. The molecule has 0 saturated carbocycles. The third kappa shape index (κ3) is 5.12. The highest BCUT2D eigenvalue weighted by molar-refractivity contribution is 5.89. The zero-order chi connectivity index (χ0) is 17.4. The van der Waals surface area contributed by atoms with E-state index in [9.17, 15) is 9.59 Å². The Kier molecular flexibility index (Phi) is 6.37. The molecule has 5 nitrogen and oxygen atoms in total. The molecule has 0 heterocycles. The quantitative estimate of drug-likeness (QED) is 0.781. The first-order valence-corrected chi connectivity index (χ1v) is 7.81. The van der Waals surface area contributed by atoms with Crippen molar-refractivity contribution < 1.29 is 19.4 Å². The Balaban J connectivity index is 1.79. The number of hydrogen-bond acceptors (Lipinski definition) is 3. The van der Waals surface area contributed by atoms with Gasteiger partial charge in [-0.25, -0.2) is 4.79 Å². The average Bonchev–Trinajstić information content (AvgIpc) is 2.60. The number of rotatable bonds is 8. The van der Waals surface area contributed by atoms with Crippen molar-refractivity contribution in [1.29, 1.82) is 0 Å². The first-order chi connectivity index (χ1) is 11.6. The Morgan fingerprint density at radius 1 is 1.08 bits per heavy atom. The van der Waals surface area contributed by atoms with Crippen LogP contribution in [0.1, 0.15) is 27.9 Å². The molecule has 0 bridgehead atoms. The third-order valence-electron chi connectivity index (χ3n) is 3.74. The van der Waals surface area contributed by atoms with Crippen molar-refractivity contribution in [1.82, 2.24) is 5.32 Å². The van der Waals surface area contributed by atoms with E-state index in [4.69, 9.17) is 9.84 Å². The summed E-state index contributed by atoms with van der Waals surface area (Å²) >= 11 is 0. The van der Waals surface area contributed by atoms with Gasteiger partial charge in [-0.2, -0.15) is 0 Å². The molecule has 0 aliphatic heterocycles. The molecule has 0 saturated heterocycles. The summed E-state index contributed by atoms with van der Waals surface area (Å²) in [4.78, 5) is 23.1. The van der Waals surface area contributed by atoms with Crippen LogP contribution in [0.15, 0.2) is 48.5 Å². The number of carboxylic acids is 1. The van der Waals surface area contributed by atoms with Gasteiger partial charge in [0.25, 0.3) is 0 Å². The van der Waals surface area contributed by atoms with E-state index >= 15 is 0 Å². The fourth-order valence-electron chi connectivity index (χ4n) is 2.46. The molecule has 2 rings (SSSR count). The van der Waals surface area contributed by atoms with Gasteiger partial charge in [0.2, 0.25) is 5.91 Å². The summed E-state index contributed by atoms with van der Waals surface area (Å²) in [6.07, 6.45) is 1.39. The van der Waals surface area contributed by atoms with Crippen LogP contribution in [0.25, 0.3) is 0 Å². The van der Waals surface area contributed by atoms with E-state index in [1.165, 1.54) is 0 Å². The van der Waals surface area contributed by atoms with Crippen molar-refractivity contribution in [2.45, 2.75) is 19.3 Å². The number of carboxylic acid groups (broad SMARTS) is 1. The summed E-state index contributed by atoms with van der Waals surface area (Å²) in [6, 6.07) is 14.5. The van der Waals surface area contributed by atoms with Crippen LogP contribution in [-0.4, -0.2) is 30.6 Å². The van der Waals surface area contributed by atoms with Crippen LogP contribution in [0.4, 0.5) is 0 Å². The standard InChI is InChI=1S/C19H21NO4/c1-24-16-7-4-5-14(13-16)11-12-20-18(21)10-9-15-6-2-3-8-17(15)19(22)23/h2-8,13H,9-12H2,1H3,(H,20,21)(H,22,23). The predicted octanol–water partition coefficient (Wildman–Crippen LogP) is 2.68. The smallest absolute Gasteiger partial charge is 0.335 e. The maximum atomic E-state index is 11.9. The fraction of sp³-hybridized carbons (Fsp3) is 0.263. The number of aromatic carboxylic acids is 1. The monoisotopic (exact) mass is 327 g/mol. The maximum absolute atomic E-state index is 11.9. The van der Waals surface area contributed by atoms with Crippen LogP contribution in [0, 0.1) is 0 Å². The molecular formula is C19H21NO4. The Morgan fingerprint density at radius 2 is 1.88 bits per heavy atom. The Bertz CT molecular complexity index is 712. The second-order valence-corrected chi connectivity index (χ2v) is 5.41. The van der Waals surface area contributed by atoms with E-state index in [-0.39, 0.29) is 17.9 Å². The Hall–Kier alpha value is -2.82. The summed E-state index contributed by atoms with van der Waals surface area (Å²) in [5.74, 6) is -0.258. The molecule has 0 unspecified atom stereocenters. The van der Waals surface area contributed by atoms with Crippen molar-refractivity contribution in [2.24, 2.45) is 0 Å². The molecule has 0 aliphatic rings. The number of nitrogens with one attached hydrogen (secondary N) is 1.